The monoisotopic (exact) mass is 370 g/mol. The summed E-state index contributed by atoms with van der Waals surface area (Å²) >= 11 is 0. The maximum atomic E-state index is 12.4. The van der Waals surface area contributed by atoms with Crippen molar-refractivity contribution in [2.75, 3.05) is 11.9 Å². The Balaban J connectivity index is 1.65. The number of hydrogen-bond acceptors (Lipinski definition) is 7. The molecule has 1 aliphatic rings. The molecule has 0 saturated carbocycles. The van der Waals surface area contributed by atoms with E-state index in [0.29, 0.717) is 22.4 Å². The van der Waals surface area contributed by atoms with Crippen LogP contribution in [0.1, 0.15) is 16.6 Å². The summed E-state index contributed by atoms with van der Waals surface area (Å²) in [7, 11) is 0. The minimum Gasteiger partial charge on any atom is -0.394 e. The van der Waals surface area contributed by atoms with E-state index in [1.165, 1.54) is 6.33 Å². The second-order valence-electron chi connectivity index (χ2n) is 6.23. The molecule has 140 valence electrons. The van der Waals surface area contributed by atoms with Crippen LogP contribution in [0.15, 0.2) is 48.9 Å². The highest BCUT2D eigenvalue weighted by Gasteiger charge is 2.43. The number of carbonyl (C=O) groups excluding carboxylic acids is 1. The van der Waals surface area contributed by atoms with E-state index >= 15 is 0 Å². The number of nitrogens with zero attached hydrogens (tertiary/aromatic N) is 3. The number of aliphatic hydroxyl groups excluding tert-OH is 3. The molecule has 0 radical (unpaired) electrons. The highest BCUT2D eigenvalue weighted by atomic mass is 16.6. The van der Waals surface area contributed by atoms with Gasteiger partial charge in [0.15, 0.2) is 6.23 Å². The SMILES string of the molecule is O=C(Nc1ncnc2c1ccn2[C@@H]1O[C@H](CO)C(O)[C@@H]1O)c1ccccc1. The van der Waals surface area contributed by atoms with Gasteiger partial charge in [-0.25, -0.2) is 9.97 Å². The van der Waals surface area contributed by atoms with Gasteiger partial charge in [0.05, 0.1) is 12.0 Å². The lowest BCUT2D eigenvalue weighted by Gasteiger charge is -2.17. The van der Waals surface area contributed by atoms with Gasteiger partial charge in [0, 0.05) is 11.8 Å². The highest BCUT2D eigenvalue weighted by molar-refractivity contribution is 6.07. The minimum atomic E-state index is -1.23. The number of fused-ring (bicyclic) bond motifs is 1. The molecule has 1 aliphatic heterocycles. The van der Waals surface area contributed by atoms with E-state index in [9.17, 15) is 20.1 Å². The molecule has 4 atom stereocenters. The van der Waals surface area contributed by atoms with E-state index < -0.39 is 31.1 Å². The lowest BCUT2D eigenvalue weighted by molar-refractivity contribution is -0.0508. The molecule has 3 aromatic rings. The third-order valence-corrected chi connectivity index (χ3v) is 4.57. The van der Waals surface area contributed by atoms with Crippen LogP contribution in [-0.4, -0.2) is 60.7 Å². The topological polar surface area (TPSA) is 130 Å². The Hall–Kier alpha value is -2.85. The lowest BCUT2D eigenvalue weighted by atomic mass is 10.1. The fourth-order valence-electron chi connectivity index (χ4n) is 3.15. The summed E-state index contributed by atoms with van der Waals surface area (Å²) in [5.74, 6) is 0.00983. The first kappa shape index (κ1) is 17.6. The van der Waals surface area contributed by atoms with Gasteiger partial charge in [0.25, 0.3) is 5.91 Å². The van der Waals surface area contributed by atoms with Crippen molar-refractivity contribution in [2.24, 2.45) is 0 Å². The summed E-state index contributed by atoms with van der Waals surface area (Å²) in [5, 5.41) is 32.8. The van der Waals surface area contributed by atoms with Crippen LogP contribution < -0.4 is 5.32 Å². The molecule has 2 aromatic heterocycles. The van der Waals surface area contributed by atoms with Crippen molar-refractivity contribution >= 4 is 22.8 Å². The van der Waals surface area contributed by atoms with E-state index in [1.54, 1.807) is 41.1 Å². The number of ether oxygens (including phenoxy) is 1. The minimum absolute atomic E-state index is 0.309. The first-order valence-electron chi connectivity index (χ1n) is 8.40. The molecule has 0 spiro atoms. The van der Waals surface area contributed by atoms with Gasteiger partial charge in [-0.05, 0) is 18.2 Å². The zero-order valence-corrected chi connectivity index (χ0v) is 14.1. The fourth-order valence-corrected chi connectivity index (χ4v) is 3.15. The van der Waals surface area contributed by atoms with Gasteiger partial charge < -0.3 is 29.9 Å². The predicted octanol–water partition coefficient (Wildman–Crippen LogP) is 0.295. The molecule has 1 fully saturated rings. The molecule has 4 rings (SSSR count). The van der Waals surface area contributed by atoms with Gasteiger partial charge in [-0.2, -0.15) is 0 Å². The molecular weight excluding hydrogens is 352 g/mol. The molecule has 1 saturated heterocycles. The number of aromatic nitrogens is 3. The summed E-state index contributed by atoms with van der Waals surface area (Å²) < 4.78 is 7.08. The first-order chi connectivity index (χ1) is 13.1. The maximum Gasteiger partial charge on any atom is 0.256 e. The van der Waals surface area contributed by atoms with E-state index in [1.807, 2.05) is 6.07 Å². The van der Waals surface area contributed by atoms with Crippen molar-refractivity contribution in [1.29, 1.82) is 0 Å². The molecule has 3 heterocycles. The second kappa shape index (κ2) is 7.05. The van der Waals surface area contributed by atoms with Crippen molar-refractivity contribution in [3.8, 4) is 0 Å². The Kier molecular flexibility index (Phi) is 4.58. The van der Waals surface area contributed by atoms with Gasteiger partial charge in [0.1, 0.15) is 36.1 Å². The summed E-state index contributed by atoms with van der Waals surface area (Å²) in [6.45, 7) is -0.415. The average molecular weight is 370 g/mol. The third kappa shape index (κ3) is 3.06. The highest BCUT2D eigenvalue weighted by Crippen LogP contribution is 2.33. The van der Waals surface area contributed by atoms with Gasteiger partial charge in [0.2, 0.25) is 0 Å². The van der Waals surface area contributed by atoms with E-state index in [-0.39, 0.29) is 5.91 Å². The number of anilines is 1. The number of benzene rings is 1. The predicted molar refractivity (Wildman–Crippen MR) is 94.9 cm³/mol. The molecule has 4 N–H and O–H groups in total. The van der Waals surface area contributed by atoms with Crippen LogP contribution in [0, 0.1) is 0 Å². The van der Waals surface area contributed by atoms with E-state index in [4.69, 9.17) is 4.74 Å². The number of hydrogen-bond donors (Lipinski definition) is 4. The average Bonchev–Trinajstić information content (AvgIpc) is 3.25. The first-order valence-corrected chi connectivity index (χ1v) is 8.40. The Labute approximate surface area is 153 Å². The fraction of sp³-hybridized carbons (Fsp3) is 0.278. The van der Waals surface area contributed by atoms with Crippen molar-refractivity contribution in [1.82, 2.24) is 14.5 Å². The van der Waals surface area contributed by atoms with Crippen molar-refractivity contribution in [2.45, 2.75) is 24.5 Å². The van der Waals surface area contributed by atoms with Gasteiger partial charge in [-0.15, -0.1) is 0 Å². The zero-order chi connectivity index (χ0) is 19.0. The third-order valence-electron chi connectivity index (χ3n) is 4.57. The summed E-state index contributed by atoms with van der Waals surface area (Å²) in [6.07, 6.45) is -1.33. The Bertz CT molecular complexity index is 961. The molecule has 9 heteroatoms. The molecule has 1 aromatic carbocycles. The van der Waals surface area contributed by atoms with Crippen LogP contribution >= 0.6 is 0 Å². The number of carbonyl (C=O) groups is 1. The van der Waals surface area contributed by atoms with Crippen LogP contribution in [0.25, 0.3) is 11.0 Å². The van der Waals surface area contributed by atoms with Crippen molar-refractivity contribution < 1.29 is 24.9 Å². The van der Waals surface area contributed by atoms with Crippen LogP contribution in [-0.2, 0) is 4.74 Å². The molecule has 0 aliphatic carbocycles. The number of rotatable bonds is 4. The quantitative estimate of drug-likeness (QED) is 0.519. The molecular formula is C18H18N4O5. The standard InChI is InChI=1S/C18H18N4O5/c23-8-12-13(24)14(25)18(27-12)22-7-6-11-15(19-9-20-16(11)22)21-17(26)10-4-2-1-3-5-10/h1-7,9,12-14,18,23-25H,8H2,(H,19,20,21,26)/t12-,13?,14+,18-/m1/s1. The molecule has 0 bridgehead atoms. The van der Waals surface area contributed by atoms with Gasteiger partial charge in [-0.1, -0.05) is 18.2 Å². The van der Waals surface area contributed by atoms with E-state index in [2.05, 4.69) is 15.3 Å². The van der Waals surface area contributed by atoms with E-state index in [0.717, 1.165) is 0 Å². The number of amides is 1. The Morgan fingerprint density at radius 1 is 1.15 bits per heavy atom. The summed E-state index contributed by atoms with van der Waals surface area (Å²) in [6, 6.07) is 10.4. The normalized spacial score (nSPS) is 25.0. The summed E-state index contributed by atoms with van der Waals surface area (Å²) in [4.78, 5) is 20.7. The maximum absolute atomic E-state index is 12.4. The summed E-state index contributed by atoms with van der Waals surface area (Å²) in [5.41, 5.74) is 0.912. The molecule has 1 unspecified atom stereocenters. The van der Waals surface area contributed by atoms with Crippen molar-refractivity contribution in [3.05, 3.63) is 54.5 Å². The van der Waals surface area contributed by atoms with Crippen LogP contribution in [0.5, 0.6) is 0 Å². The molecule has 27 heavy (non-hydrogen) atoms. The largest absolute Gasteiger partial charge is 0.394 e. The lowest BCUT2D eigenvalue weighted by Crippen LogP contribution is -2.33. The molecule has 9 nitrogen and oxygen atoms in total. The van der Waals surface area contributed by atoms with Crippen LogP contribution in [0.4, 0.5) is 5.82 Å². The molecule has 1 amide bonds. The number of aliphatic hydroxyl groups is 3. The van der Waals surface area contributed by atoms with Gasteiger partial charge >= 0.3 is 0 Å². The van der Waals surface area contributed by atoms with Crippen LogP contribution in [0.3, 0.4) is 0 Å². The van der Waals surface area contributed by atoms with Crippen molar-refractivity contribution in [3.63, 3.8) is 0 Å². The Morgan fingerprint density at radius 3 is 2.63 bits per heavy atom. The number of nitrogens with one attached hydrogen (secondary N) is 1. The Morgan fingerprint density at radius 2 is 1.93 bits per heavy atom. The zero-order valence-electron chi connectivity index (χ0n) is 14.1. The van der Waals surface area contributed by atoms with Crippen LogP contribution in [0.2, 0.25) is 0 Å². The smallest absolute Gasteiger partial charge is 0.256 e. The van der Waals surface area contributed by atoms with Gasteiger partial charge in [-0.3, -0.25) is 4.79 Å². The second-order valence-corrected chi connectivity index (χ2v) is 6.23.